The normalized spacial score (nSPS) is 15.4. The standard InChI is InChI=1S/C33H29N5S/c1-16(2)28-13-24-20-7-6-19-12-29(39-32(19)22(20)9-10-27(24)36-28)18-5-8-21-23(11-18)25-14-34-35-15-26(25)31-30(21)37-33(38-31)17(3)4/h5-8,11-12,14-17,34H,9-10,13H2,1-4H3. The molecule has 4 heterocycles. The lowest BCUT2D eigenvalue weighted by Gasteiger charge is -2.18. The molecule has 192 valence electrons. The molecule has 0 spiro atoms. The van der Waals surface area contributed by atoms with Crippen molar-refractivity contribution in [1.82, 2.24) is 20.2 Å². The average Bonchev–Trinajstić information content (AvgIpc) is 3.69. The Morgan fingerprint density at radius 3 is 2.51 bits per heavy atom. The first-order valence-electron chi connectivity index (χ1n) is 13.9. The van der Waals surface area contributed by atoms with Gasteiger partial charge in [0, 0.05) is 55.7 Å². The summed E-state index contributed by atoms with van der Waals surface area (Å²) in [5, 5.41) is 13.2. The summed E-state index contributed by atoms with van der Waals surface area (Å²) in [6.45, 7) is 8.80. The molecule has 0 amide bonds. The molecule has 5 nitrogen and oxygen atoms in total. The molecule has 3 aromatic carbocycles. The zero-order valence-corrected chi connectivity index (χ0v) is 23.4. The van der Waals surface area contributed by atoms with Crippen molar-refractivity contribution in [3.05, 3.63) is 71.4 Å². The molecule has 0 atom stereocenters. The number of aliphatic imine (C=N–C) groups is 1. The Labute approximate surface area is 230 Å². The summed E-state index contributed by atoms with van der Waals surface area (Å²) in [6.07, 6.45) is 7.00. The topological polar surface area (TPSA) is 66.8 Å². The monoisotopic (exact) mass is 527 g/mol. The highest BCUT2D eigenvalue weighted by molar-refractivity contribution is 7.22. The first kappa shape index (κ1) is 23.0. The van der Waals surface area contributed by atoms with Crippen LogP contribution in [0.3, 0.4) is 0 Å². The Morgan fingerprint density at radius 2 is 1.69 bits per heavy atom. The lowest BCUT2D eigenvalue weighted by molar-refractivity contribution is 0.799. The van der Waals surface area contributed by atoms with Crippen molar-refractivity contribution in [3.63, 3.8) is 0 Å². The molecule has 39 heavy (non-hydrogen) atoms. The van der Waals surface area contributed by atoms with Crippen LogP contribution in [0.5, 0.6) is 0 Å². The van der Waals surface area contributed by atoms with Gasteiger partial charge in [-0.05, 0) is 63.9 Å². The fourth-order valence-corrected chi connectivity index (χ4v) is 7.55. The molecule has 8 rings (SSSR count). The predicted octanol–water partition coefficient (Wildman–Crippen LogP) is 8.82. The smallest absolute Gasteiger partial charge is 0.132 e. The molecule has 0 unspecified atom stereocenters. The van der Waals surface area contributed by atoms with Crippen LogP contribution in [-0.4, -0.2) is 25.9 Å². The summed E-state index contributed by atoms with van der Waals surface area (Å²) < 4.78 is 1.42. The van der Waals surface area contributed by atoms with Gasteiger partial charge in [0.1, 0.15) is 11.3 Å². The summed E-state index contributed by atoms with van der Waals surface area (Å²) in [5.41, 5.74) is 10.2. The zero-order valence-electron chi connectivity index (χ0n) is 22.6. The number of aryl methyl sites for hydroxylation is 1. The van der Waals surface area contributed by atoms with Crippen LogP contribution in [0.15, 0.2) is 59.5 Å². The first-order valence-corrected chi connectivity index (χ1v) is 14.7. The number of aromatic nitrogens is 4. The van der Waals surface area contributed by atoms with Crippen LogP contribution in [0, 0.1) is 5.92 Å². The summed E-state index contributed by atoms with van der Waals surface area (Å²) in [7, 11) is 0. The summed E-state index contributed by atoms with van der Waals surface area (Å²) in [6, 6.07) is 13.8. The van der Waals surface area contributed by atoms with Gasteiger partial charge in [-0.25, -0.2) is 9.97 Å². The van der Waals surface area contributed by atoms with Crippen molar-refractivity contribution in [1.29, 1.82) is 0 Å². The molecule has 3 aromatic heterocycles. The number of nitrogens with zero attached hydrogens (tertiary/aromatic N) is 4. The fraction of sp³-hybridized carbons (Fsp3) is 0.273. The van der Waals surface area contributed by atoms with Crippen molar-refractivity contribution in [2.24, 2.45) is 10.9 Å². The summed E-state index contributed by atoms with van der Waals surface area (Å²) in [4.78, 5) is 16.2. The molecule has 1 aliphatic heterocycles. The van der Waals surface area contributed by atoms with Gasteiger partial charge in [-0.1, -0.05) is 52.0 Å². The molecule has 0 fully saturated rings. The quantitative estimate of drug-likeness (QED) is 0.234. The number of allylic oxidation sites excluding steroid dienone is 2. The maximum absolute atomic E-state index is 5.01. The third kappa shape index (κ3) is 3.37. The van der Waals surface area contributed by atoms with Crippen LogP contribution in [0.25, 0.3) is 58.7 Å². The van der Waals surface area contributed by atoms with E-state index in [1.54, 1.807) is 0 Å². The molecular formula is C33H29N5S. The predicted molar refractivity (Wildman–Crippen MR) is 164 cm³/mol. The van der Waals surface area contributed by atoms with Crippen molar-refractivity contribution in [2.45, 2.75) is 52.9 Å². The SMILES string of the molecule is CC(C)C1=NC2=C(C1)c1ccc3cc(-c4ccc5c(c4)c4c[nH]ncc4c4nc(C(C)C)nc54)sc3c1CC2. The van der Waals surface area contributed by atoms with E-state index in [0.717, 1.165) is 52.3 Å². The van der Waals surface area contributed by atoms with Crippen molar-refractivity contribution < 1.29 is 0 Å². The molecule has 1 aliphatic carbocycles. The second-order valence-corrected chi connectivity index (χ2v) is 12.6. The van der Waals surface area contributed by atoms with Crippen molar-refractivity contribution in [2.75, 3.05) is 0 Å². The molecule has 1 N–H and O–H groups in total. The van der Waals surface area contributed by atoms with E-state index in [9.17, 15) is 0 Å². The van der Waals surface area contributed by atoms with Crippen LogP contribution in [0.2, 0.25) is 0 Å². The molecular weight excluding hydrogens is 498 g/mol. The maximum atomic E-state index is 5.01. The van der Waals surface area contributed by atoms with Crippen molar-refractivity contribution >= 4 is 65.3 Å². The number of hydrogen-bond acceptors (Lipinski definition) is 5. The lowest BCUT2D eigenvalue weighted by atomic mass is 9.86. The molecule has 6 aromatic rings. The average molecular weight is 528 g/mol. The number of fused-ring (bicyclic) bond motifs is 10. The van der Waals surface area contributed by atoms with Crippen LogP contribution < -0.4 is 0 Å². The van der Waals surface area contributed by atoms with E-state index in [1.807, 2.05) is 23.7 Å². The lowest BCUT2D eigenvalue weighted by Crippen LogP contribution is -2.05. The minimum absolute atomic E-state index is 0.272. The first-order chi connectivity index (χ1) is 19.0. The number of hydrogen-bond donors (Lipinski definition) is 1. The number of benzene rings is 3. The zero-order chi connectivity index (χ0) is 26.4. The Bertz CT molecular complexity index is 2050. The Morgan fingerprint density at radius 1 is 0.846 bits per heavy atom. The van der Waals surface area contributed by atoms with Crippen LogP contribution >= 0.6 is 11.3 Å². The van der Waals surface area contributed by atoms with Gasteiger partial charge in [-0.15, -0.1) is 11.3 Å². The van der Waals surface area contributed by atoms with Gasteiger partial charge < -0.3 is 0 Å². The van der Waals surface area contributed by atoms with Crippen molar-refractivity contribution in [3.8, 4) is 10.4 Å². The fourth-order valence-electron chi connectivity index (χ4n) is 6.31. The van der Waals surface area contributed by atoms with E-state index < -0.39 is 0 Å². The van der Waals surface area contributed by atoms with Gasteiger partial charge in [0.05, 0.1) is 11.7 Å². The largest absolute Gasteiger partial charge is 0.285 e. The maximum Gasteiger partial charge on any atom is 0.132 e. The highest BCUT2D eigenvalue weighted by Gasteiger charge is 2.28. The van der Waals surface area contributed by atoms with Crippen LogP contribution in [0.4, 0.5) is 0 Å². The summed E-state index contributed by atoms with van der Waals surface area (Å²) in [5.74, 6) is 1.66. The van der Waals surface area contributed by atoms with E-state index in [4.69, 9.17) is 15.0 Å². The molecule has 0 bridgehead atoms. The van der Waals surface area contributed by atoms with Gasteiger partial charge in [-0.2, -0.15) is 5.10 Å². The Balaban J connectivity index is 1.29. The third-order valence-electron chi connectivity index (χ3n) is 8.44. The van der Waals surface area contributed by atoms with E-state index in [-0.39, 0.29) is 5.92 Å². The highest BCUT2D eigenvalue weighted by atomic mass is 32.1. The van der Waals surface area contributed by atoms with Crippen LogP contribution in [-0.2, 0) is 6.42 Å². The Hall–Kier alpha value is -3.90. The van der Waals surface area contributed by atoms with E-state index in [0.29, 0.717) is 5.92 Å². The van der Waals surface area contributed by atoms with E-state index in [1.165, 1.54) is 54.0 Å². The minimum Gasteiger partial charge on any atom is -0.285 e. The number of aromatic amines is 1. The molecule has 0 saturated heterocycles. The van der Waals surface area contributed by atoms with Gasteiger partial charge in [0.2, 0.25) is 0 Å². The van der Waals surface area contributed by atoms with Gasteiger partial charge in [0.25, 0.3) is 0 Å². The highest BCUT2D eigenvalue weighted by Crippen LogP contribution is 2.46. The molecule has 2 aliphatic rings. The van der Waals surface area contributed by atoms with Gasteiger partial charge >= 0.3 is 0 Å². The number of imidazole rings is 1. The number of nitrogens with one attached hydrogen (secondary N) is 1. The van der Waals surface area contributed by atoms with Gasteiger partial charge in [0.15, 0.2) is 0 Å². The Kier molecular flexibility index (Phi) is 4.90. The number of H-pyrrole nitrogens is 1. The van der Waals surface area contributed by atoms with E-state index >= 15 is 0 Å². The molecule has 6 heteroatoms. The number of thiophene rings is 1. The summed E-state index contributed by atoms with van der Waals surface area (Å²) >= 11 is 1.92. The van der Waals surface area contributed by atoms with Crippen LogP contribution in [0.1, 0.15) is 63.4 Å². The van der Waals surface area contributed by atoms with E-state index in [2.05, 4.69) is 74.3 Å². The molecule has 0 radical (unpaired) electrons. The third-order valence-corrected chi connectivity index (χ3v) is 9.70. The van der Waals surface area contributed by atoms with Gasteiger partial charge in [-0.3, -0.25) is 10.1 Å². The minimum atomic E-state index is 0.272. The molecule has 0 saturated carbocycles. The number of rotatable bonds is 3. The second-order valence-electron chi connectivity index (χ2n) is 11.5. The second kappa shape index (κ2) is 8.30.